The van der Waals surface area contributed by atoms with Gasteiger partial charge >= 0.3 is 5.97 Å². The van der Waals surface area contributed by atoms with Crippen molar-refractivity contribution >= 4 is 11.9 Å². The van der Waals surface area contributed by atoms with Crippen molar-refractivity contribution in [2.24, 2.45) is 5.73 Å². The van der Waals surface area contributed by atoms with E-state index in [0.29, 0.717) is 17.7 Å². The maximum atomic E-state index is 12.0. The van der Waals surface area contributed by atoms with E-state index in [-0.39, 0.29) is 18.0 Å². The van der Waals surface area contributed by atoms with Crippen molar-refractivity contribution in [2.45, 2.75) is 13.1 Å². The minimum atomic E-state index is -1.01. The molecular weight excluding hydrogens is 268 g/mol. The van der Waals surface area contributed by atoms with Crippen LogP contribution in [0.2, 0.25) is 0 Å². The van der Waals surface area contributed by atoms with Crippen LogP contribution in [0, 0.1) is 0 Å². The van der Waals surface area contributed by atoms with Crippen LogP contribution in [0.5, 0.6) is 0 Å². The fraction of sp³-hybridized carbons (Fsp3) is 0.125. The average Bonchev–Trinajstić information content (AvgIpc) is 2.52. The number of carbonyl (C=O) groups is 2. The molecule has 108 valence electrons. The van der Waals surface area contributed by atoms with Gasteiger partial charge in [0.15, 0.2) is 0 Å². The van der Waals surface area contributed by atoms with Crippen LogP contribution >= 0.6 is 0 Å². The lowest BCUT2D eigenvalue weighted by Gasteiger charge is -2.08. The predicted octanol–water partition coefficient (Wildman–Crippen LogP) is 1.77. The van der Waals surface area contributed by atoms with Crippen molar-refractivity contribution in [2.75, 3.05) is 0 Å². The SMILES string of the molecule is NCc1ccc(C(=O)NCc2ccccc2C(=O)O)cc1. The van der Waals surface area contributed by atoms with Gasteiger partial charge in [0.25, 0.3) is 5.91 Å². The molecule has 0 radical (unpaired) electrons. The van der Waals surface area contributed by atoms with E-state index in [4.69, 9.17) is 10.8 Å². The summed E-state index contributed by atoms with van der Waals surface area (Å²) in [5, 5.41) is 11.8. The van der Waals surface area contributed by atoms with Crippen LogP contribution in [0.15, 0.2) is 48.5 Å². The van der Waals surface area contributed by atoms with E-state index >= 15 is 0 Å². The van der Waals surface area contributed by atoms with Gasteiger partial charge < -0.3 is 16.2 Å². The summed E-state index contributed by atoms with van der Waals surface area (Å²) in [5.74, 6) is -1.26. The van der Waals surface area contributed by atoms with Crippen molar-refractivity contribution in [3.63, 3.8) is 0 Å². The molecule has 0 spiro atoms. The first-order chi connectivity index (χ1) is 10.1. The molecule has 21 heavy (non-hydrogen) atoms. The quantitative estimate of drug-likeness (QED) is 0.780. The Morgan fingerprint density at radius 2 is 1.71 bits per heavy atom. The summed E-state index contributed by atoms with van der Waals surface area (Å²) in [6, 6.07) is 13.6. The number of carboxylic acid groups (broad SMARTS) is 1. The van der Waals surface area contributed by atoms with Gasteiger partial charge in [0.2, 0.25) is 0 Å². The van der Waals surface area contributed by atoms with Crippen molar-refractivity contribution in [3.8, 4) is 0 Å². The van der Waals surface area contributed by atoms with Gasteiger partial charge in [0.1, 0.15) is 0 Å². The van der Waals surface area contributed by atoms with Gasteiger partial charge in [0, 0.05) is 18.7 Å². The Morgan fingerprint density at radius 1 is 1.05 bits per heavy atom. The normalized spacial score (nSPS) is 10.1. The highest BCUT2D eigenvalue weighted by molar-refractivity contribution is 5.94. The zero-order chi connectivity index (χ0) is 15.2. The number of carboxylic acids is 1. The molecule has 0 saturated carbocycles. The molecule has 1 amide bonds. The lowest BCUT2D eigenvalue weighted by atomic mass is 10.1. The molecular formula is C16H16N2O3. The number of aromatic carboxylic acids is 1. The molecule has 0 aromatic heterocycles. The Bertz CT molecular complexity index is 651. The van der Waals surface area contributed by atoms with Gasteiger partial charge in [0.05, 0.1) is 5.56 Å². The number of amides is 1. The zero-order valence-corrected chi connectivity index (χ0v) is 11.4. The largest absolute Gasteiger partial charge is 0.478 e. The summed E-state index contributed by atoms with van der Waals surface area (Å²) in [6.45, 7) is 0.591. The van der Waals surface area contributed by atoms with E-state index in [1.54, 1.807) is 42.5 Å². The maximum absolute atomic E-state index is 12.0. The summed E-state index contributed by atoms with van der Waals surface area (Å²) in [5.41, 5.74) is 7.72. The van der Waals surface area contributed by atoms with E-state index in [9.17, 15) is 9.59 Å². The van der Waals surface area contributed by atoms with Crippen LogP contribution in [0.3, 0.4) is 0 Å². The van der Waals surface area contributed by atoms with Gasteiger partial charge in [-0.1, -0.05) is 30.3 Å². The highest BCUT2D eigenvalue weighted by Crippen LogP contribution is 2.09. The van der Waals surface area contributed by atoms with Gasteiger partial charge in [-0.25, -0.2) is 4.79 Å². The number of nitrogens with two attached hydrogens (primary N) is 1. The van der Waals surface area contributed by atoms with E-state index < -0.39 is 5.97 Å². The summed E-state index contributed by atoms with van der Waals surface area (Å²) >= 11 is 0. The molecule has 5 heteroatoms. The monoisotopic (exact) mass is 284 g/mol. The molecule has 0 fully saturated rings. The minimum Gasteiger partial charge on any atom is -0.478 e. The van der Waals surface area contributed by atoms with Crippen LogP contribution in [0.1, 0.15) is 31.8 Å². The molecule has 0 aliphatic heterocycles. The molecule has 2 aromatic carbocycles. The highest BCUT2D eigenvalue weighted by Gasteiger charge is 2.10. The smallest absolute Gasteiger partial charge is 0.336 e. The molecule has 5 nitrogen and oxygen atoms in total. The first-order valence-electron chi connectivity index (χ1n) is 6.50. The molecule has 0 unspecified atom stereocenters. The second-order valence-corrected chi connectivity index (χ2v) is 4.55. The fourth-order valence-corrected chi connectivity index (χ4v) is 1.95. The summed E-state index contributed by atoms with van der Waals surface area (Å²) < 4.78 is 0. The Kier molecular flexibility index (Phi) is 4.68. The van der Waals surface area contributed by atoms with E-state index in [1.807, 2.05) is 0 Å². The lowest BCUT2D eigenvalue weighted by Crippen LogP contribution is -2.23. The maximum Gasteiger partial charge on any atom is 0.336 e. The van der Waals surface area contributed by atoms with Gasteiger partial charge in [-0.05, 0) is 29.3 Å². The molecule has 4 N–H and O–H groups in total. The van der Waals surface area contributed by atoms with Crippen LogP contribution in [-0.2, 0) is 13.1 Å². The molecule has 0 saturated heterocycles. The topological polar surface area (TPSA) is 92.4 Å². The van der Waals surface area contributed by atoms with Gasteiger partial charge in [-0.15, -0.1) is 0 Å². The Balaban J connectivity index is 2.05. The molecule has 2 aromatic rings. The van der Waals surface area contributed by atoms with E-state index in [1.165, 1.54) is 6.07 Å². The third-order valence-corrected chi connectivity index (χ3v) is 3.14. The van der Waals surface area contributed by atoms with E-state index in [0.717, 1.165) is 5.56 Å². The second-order valence-electron chi connectivity index (χ2n) is 4.55. The Morgan fingerprint density at radius 3 is 2.33 bits per heavy atom. The number of hydrogen-bond acceptors (Lipinski definition) is 3. The van der Waals surface area contributed by atoms with Crippen LogP contribution < -0.4 is 11.1 Å². The summed E-state index contributed by atoms with van der Waals surface area (Å²) in [6.07, 6.45) is 0. The Labute approximate surface area is 122 Å². The molecule has 0 aliphatic carbocycles. The average molecular weight is 284 g/mol. The highest BCUT2D eigenvalue weighted by atomic mass is 16.4. The molecule has 0 aliphatic rings. The third-order valence-electron chi connectivity index (χ3n) is 3.14. The predicted molar refractivity (Wildman–Crippen MR) is 78.9 cm³/mol. The molecule has 0 bridgehead atoms. The van der Waals surface area contributed by atoms with Crippen LogP contribution in [-0.4, -0.2) is 17.0 Å². The Hall–Kier alpha value is -2.66. The van der Waals surface area contributed by atoms with Gasteiger partial charge in [-0.2, -0.15) is 0 Å². The number of carbonyl (C=O) groups excluding carboxylic acids is 1. The first kappa shape index (κ1) is 14.7. The lowest BCUT2D eigenvalue weighted by molar-refractivity contribution is 0.0694. The zero-order valence-electron chi connectivity index (χ0n) is 11.4. The minimum absolute atomic E-state index is 0.167. The van der Waals surface area contributed by atoms with Crippen molar-refractivity contribution in [1.29, 1.82) is 0 Å². The third kappa shape index (κ3) is 3.67. The standard InChI is InChI=1S/C16H16N2O3/c17-9-11-5-7-12(8-6-11)15(19)18-10-13-3-1-2-4-14(13)16(20)21/h1-8H,9-10,17H2,(H,18,19)(H,20,21). The van der Waals surface area contributed by atoms with Crippen LogP contribution in [0.4, 0.5) is 0 Å². The van der Waals surface area contributed by atoms with Crippen molar-refractivity contribution in [3.05, 3.63) is 70.8 Å². The van der Waals surface area contributed by atoms with E-state index in [2.05, 4.69) is 5.32 Å². The second kappa shape index (κ2) is 6.67. The molecule has 2 rings (SSSR count). The molecule has 0 heterocycles. The summed E-state index contributed by atoms with van der Waals surface area (Å²) in [7, 11) is 0. The number of nitrogens with one attached hydrogen (secondary N) is 1. The van der Waals surface area contributed by atoms with Gasteiger partial charge in [-0.3, -0.25) is 4.79 Å². The number of hydrogen-bond donors (Lipinski definition) is 3. The van der Waals surface area contributed by atoms with Crippen LogP contribution in [0.25, 0.3) is 0 Å². The number of benzene rings is 2. The summed E-state index contributed by atoms with van der Waals surface area (Å²) in [4.78, 5) is 23.1. The van der Waals surface area contributed by atoms with Crippen molar-refractivity contribution in [1.82, 2.24) is 5.32 Å². The fourth-order valence-electron chi connectivity index (χ4n) is 1.95. The number of rotatable bonds is 5. The van der Waals surface area contributed by atoms with Crippen molar-refractivity contribution < 1.29 is 14.7 Å². The first-order valence-corrected chi connectivity index (χ1v) is 6.50. The molecule has 0 atom stereocenters.